The zero-order chi connectivity index (χ0) is 29.4. The lowest BCUT2D eigenvalue weighted by atomic mass is 10.1. The quantitative estimate of drug-likeness (QED) is 0.442. The molecule has 15 heteroatoms. The summed E-state index contributed by atoms with van der Waals surface area (Å²) in [5, 5.41) is 3.74. The van der Waals surface area contributed by atoms with Crippen LogP contribution in [0.25, 0.3) is 16.7 Å². The molecule has 0 aliphatic carbocycles. The van der Waals surface area contributed by atoms with Gasteiger partial charge in [0, 0.05) is 19.3 Å². The number of carbonyl (C=O) groups excluding carboxylic acids is 3. The third-order valence-electron chi connectivity index (χ3n) is 6.20. The average Bonchev–Trinajstić information content (AvgIpc) is 3.26. The van der Waals surface area contributed by atoms with Gasteiger partial charge in [0.2, 0.25) is 11.3 Å². The highest BCUT2D eigenvalue weighted by Crippen LogP contribution is 2.27. The molecule has 40 heavy (non-hydrogen) atoms. The van der Waals surface area contributed by atoms with Crippen molar-refractivity contribution >= 4 is 34.8 Å². The Balaban J connectivity index is 1.85. The van der Waals surface area contributed by atoms with Crippen LogP contribution in [-0.2, 0) is 9.53 Å². The molecule has 0 radical (unpaired) electrons. The number of nitrogens with one attached hydrogen (secondary N) is 2. The molecular formula is C25H22F5N5O5. The van der Waals surface area contributed by atoms with Gasteiger partial charge in [0.15, 0.2) is 5.65 Å². The molecule has 1 fully saturated rings. The Labute approximate surface area is 222 Å². The van der Waals surface area contributed by atoms with Crippen molar-refractivity contribution in [2.45, 2.75) is 38.1 Å². The van der Waals surface area contributed by atoms with Crippen molar-refractivity contribution in [3.05, 3.63) is 63.9 Å². The smallest absolute Gasteiger partial charge is 0.408 e. The first-order valence-electron chi connectivity index (χ1n) is 11.9. The van der Waals surface area contributed by atoms with Crippen molar-refractivity contribution in [1.29, 1.82) is 0 Å². The third kappa shape index (κ3) is 5.58. The molecule has 3 amide bonds. The standard InChI is InChI=1S/C25H22F5N5O5/c1-3-18(25(28,29)30)32-23(38)15-11-34(17-6-4-12(26)8-16(17)27)22-14(21(15)37)5-7-19(33-22)35-10-13(9-20(35)36)40-24(39)31-2/h4-8,11,13,18H,3,9-10H2,1-2H3,(H,31,39)(H,32,38)/t13?,18-/m1/s1. The number of benzene rings is 1. The molecule has 1 aliphatic heterocycles. The van der Waals surface area contributed by atoms with E-state index >= 15 is 0 Å². The predicted molar refractivity (Wildman–Crippen MR) is 131 cm³/mol. The first-order chi connectivity index (χ1) is 18.8. The van der Waals surface area contributed by atoms with E-state index in [9.17, 15) is 41.1 Å². The predicted octanol–water partition coefficient (Wildman–Crippen LogP) is 3.20. The first kappa shape index (κ1) is 28.4. The van der Waals surface area contributed by atoms with Gasteiger partial charge in [-0.2, -0.15) is 13.2 Å². The Morgan fingerprint density at radius 1 is 1.18 bits per heavy atom. The monoisotopic (exact) mass is 567 g/mol. The van der Waals surface area contributed by atoms with Gasteiger partial charge >= 0.3 is 12.3 Å². The molecule has 1 aliphatic rings. The minimum Gasteiger partial charge on any atom is -0.444 e. The van der Waals surface area contributed by atoms with E-state index in [1.807, 2.05) is 0 Å². The van der Waals surface area contributed by atoms with Crippen molar-refractivity contribution in [2.24, 2.45) is 0 Å². The Kier molecular flexibility index (Phi) is 7.75. The summed E-state index contributed by atoms with van der Waals surface area (Å²) in [4.78, 5) is 55.7. The summed E-state index contributed by atoms with van der Waals surface area (Å²) < 4.78 is 74.3. The SMILES string of the molecule is CC[C@@H](NC(=O)c1cn(-c2ccc(F)cc2F)c2nc(N3CC(OC(=O)NC)CC3=O)ccc2c1=O)C(F)(F)F. The number of rotatable bonds is 6. The van der Waals surface area contributed by atoms with Gasteiger partial charge in [0.05, 0.1) is 24.0 Å². The van der Waals surface area contributed by atoms with Gasteiger partial charge < -0.3 is 15.4 Å². The number of alkyl halides is 3. The number of aromatic nitrogens is 2. The fourth-order valence-corrected chi connectivity index (χ4v) is 4.20. The summed E-state index contributed by atoms with van der Waals surface area (Å²) in [5.41, 5.74) is -2.39. The maximum absolute atomic E-state index is 14.9. The number of pyridine rings is 2. The first-order valence-corrected chi connectivity index (χ1v) is 11.9. The van der Waals surface area contributed by atoms with E-state index in [4.69, 9.17) is 4.74 Å². The van der Waals surface area contributed by atoms with Crippen LogP contribution < -0.4 is 21.0 Å². The largest absolute Gasteiger partial charge is 0.444 e. The highest BCUT2D eigenvalue weighted by atomic mass is 19.4. The van der Waals surface area contributed by atoms with Gasteiger partial charge in [0.25, 0.3) is 5.91 Å². The second kappa shape index (κ2) is 10.9. The Hall–Kier alpha value is -4.56. The third-order valence-corrected chi connectivity index (χ3v) is 6.20. The number of hydrogen-bond donors (Lipinski definition) is 2. The Morgan fingerprint density at radius 2 is 1.90 bits per heavy atom. The van der Waals surface area contributed by atoms with Gasteiger partial charge in [-0.25, -0.2) is 18.6 Å². The number of anilines is 1. The number of fused-ring (bicyclic) bond motifs is 1. The number of amides is 3. The van der Waals surface area contributed by atoms with Crippen LogP contribution in [0.5, 0.6) is 0 Å². The lowest BCUT2D eigenvalue weighted by molar-refractivity contribution is -0.153. The van der Waals surface area contributed by atoms with Crippen molar-refractivity contribution < 1.29 is 41.1 Å². The summed E-state index contributed by atoms with van der Waals surface area (Å²) >= 11 is 0. The number of halogens is 5. The molecule has 212 valence electrons. The second-order valence-corrected chi connectivity index (χ2v) is 8.84. The van der Waals surface area contributed by atoms with Crippen molar-refractivity contribution in [1.82, 2.24) is 20.2 Å². The van der Waals surface area contributed by atoms with Crippen LogP contribution in [0.1, 0.15) is 30.1 Å². The molecule has 0 saturated carbocycles. The van der Waals surface area contributed by atoms with Crippen molar-refractivity contribution in [2.75, 3.05) is 18.5 Å². The summed E-state index contributed by atoms with van der Waals surface area (Å²) in [5.74, 6) is -3.91. The summed E-state index contributed by atoms with van der Waals surface area (Å²) in [7, 11) is 1.34. The highest BCUT2D eigenvalue weighted by molar-refractivity contribution is 5.99. The fourth-order valence-electron chi connectivity index (χ4n) is 4.20. The molecule has 4 rings (SSSR count). The lowest BCUT2D eigenvalue weighted by Crippen LogP contribution is -2.46. The maximum Gasteiger partial charge on any atom is 0.408 e. The molecule has 1 unspecified atom stereocenters. The minimum atomic E-state index is -4.79. The molecule has 1 aromatic carbocycles. The van der Waals surface area contributed by atoms with Crippen LogP contribution in [0, 0.1) is 11.6 Å². The van der Waals surface area contributed by atoms with Crippen molar-refractivity contribution in [3.63, 3.8) is 0 Å². The number of carbonyl (C=O) groups is 3. The zero-order valence-corrected chi connectivity index (χ0v) is 21.0. The number of nitrogens with zero attached hydrogens (tertiary/aromatic N) is 3. The van der Waals surface area contributed by atoms with E-state index in [0.717, 1.165) is 22.9 Å². The molecule has 3 heterocycles. The van der Waals surface area contributed by atoms with E-state index < -0.39 is 65.3 Å². The molecule has 3 aromatic rings. The van der Waals surface area contributed by atoms with E-state index in [0.29, 0.717) is 6.07 Å². The molecule has 0 spiro atoms. The summed E-state index contributed by atoms with van der Waals surface area (Å²) in [6.45, 7) is 1.11. The van der Waals surface area contributed by atoms with Gasteiger partial charge in [-0.15, -0.1) is 0 Å². The molecule has 2 aromatic heterocycles. The van der Waals surface area contributed by atoms with Gasteiger partial charge in [-0.05, 0) is 30.7 Å². The number of alkyl carbamates (subject to hydrolysis) is 1. The van der Waals surface area contributed by atoms with E-state index in [2.05, 4.69) is 10.3 Å². The molecular weight excluding hydrogens is 545 g/mol. The van der Waals surface area contributed by atoms with Crippen LogP contribution in [0.2, 0.25) is 0 Å². The van der Waals surface area contributed by atoms with Crippen LogP contribution in [0.3, 0.4) is 0 Å². The molecule has 10 nitrogen and oxygen atoms in total. The fraction of sp³-hybridized carbons (Fsp3) is 0.320. The van der Waals surface area contributed by atoms with Crippen LogP contribution >= 0.6 is 0 Å². The lowest BCUT2D eigenvalue weighted by Gasteiger charge is -2.21. The summed E-state index contributed by atoms with van der Waals surface area (Å²) in [6, 6.07) is 2.59. The van der Waals surface area contributed by atoms with Crippen LogP contribution in [-0.4, -0.2) is 59.4 Å². The Bertz CT molecular complexity index is 1560. The normalized spacial score (nSPS) is 16.2. The van der Waals surface area contributed by atoms with Crippen LogP contribution in [0.15, 0.2) is 41.3 Å². The number of hydrogen-bond acceptors (Lipinski definition) is 6. The topological polar surface area (TPSA) is 123 Å². The van der Waals surface area contributed by atoms with E-state index in [1.54, 1.807) is 5.32 Å². The summed E-state index contributed by atoms with van der Waals surface area (Å²) in [6.07, 6.45) is -6.23. The van der Waals surface area contributed by atoms with E-state index in [-0.39, 0.29) is 35.5 Å². The molecule has 0 bridgehead atoms. The van der Waals surface area contributed by atoms with Gasteiger partial charge in [-0.3, -0.25) is 23.9 Å². The molecule has 2 N–H and O–H groups in total. The second-order valence-electron chi connectivity index (χ2n) is 8.84. The average molecular weight is 567 g/mol. The van der Waals surface area contributed by atoms with Gasteiger partial charge in [0.1, 0.15) is 35.2 Å². The Morgan fingerprint density at radius 3 is 2.52 bits per heavy atom. The number of ether oxygens (including phenoxy) is 1. The maximum atomic E-state index is 14.9. The van der Waals surface area contributed by atoms with Crippen molar-refractivity contribution in [3.8, 4) is 5.69 Å². The van der Waals surface area contributed by atoms with Gasteiger partial charge in [-0.1, -0.05) is 6.92 Å². The molecule has 2 atom stereocenters. The van der Waals surface area contributed by atoms with Crippen LogP contribution in [0.4, 0.5) is 32.6 Å². The zero-order valence-electron chi connectivity index (χ0n) is 21.0. The minimum absolute atomic E-state index is 0.0171. The highest BCUT2D eigenvalue weighted by Gasteiger charge is 2.40. The molecule has 1 saturated heterocycles. The van der Waals surface area contributed by atoms with E-state index in [1.165, 1.54) is 31.0 Å².